The molecular weight excluding hydrogens is 238 g/mol. The van der Waals surface area contributed by atoms with E-state index in [-0.39, 0.29) is 5.41 Å². The number of rotatable bonds is 2. The van der Waals surface area contributed by atoms with Crippen LogP contribution in [0, 0.1) is 6.92 Å². The third kappa shape index (κ3) is 3.06. The van der Waals surface area contributed by atoms with E-state index in [1.54, 1.807) is 0 Å². The van der Waals surface area contributed by atoms with Crippen molar-refractivity contribution >= 4 is 5.82 Å². The van der Waals surface area contributed by atoms with Gasteiger partial charge in [-0.15, -0.1) is 0 Å². The summed E-state index contributed by atoms with van der Waals surface area (Å²) in [4.78, 5) is 13.4. The van der Waals surface area contributed by atoms with Crippen LogP contribution < -0.4 is 11.3 Å². The topological polar surface area (TPSA) is 76.7 Å². The van der Waals surface area contributed by atoms with Crippen LogP contribution in [0.2, 0.25) is 0 Å². The molecule has 0 saturated heterocycles. The molecule has 0 amide bonds. The van der Waals surface area contributed by atoms with Gasteiger partial charge in [-0.25, -0.2) is 20.8 Å². The summed E-state index contributed by atoms with van der Waals surface area (Å²) in [5.74, 6) is 6.66. The van der Waals surface area contributed by atoms with E-state index in [9.17, 15) is 0 Å². The number of nitrogen functional groups attached to an aromatic ring is 1. The number of aromatic nitrogens is 3. The van der Waals surface area contributed by atoms with Crippen LogP contribution in [0.3, 0.4) is 0 Å². The van der Waals surface area contributed by atoms with Crippen LogP contribution in [-0.4, -0.2) is 15.0 Å². The van der Waals surface area contributed by atoms with Crippen molar-refractivity contribution in [1.29, 1.82) is 0 Å². The minimum Gasteiger partial charge on any atom is -0.308 e. The Morgan fingerprint density at radius 3 is 2.42 bits per heavy atom. The lowest BCUT2D eigenvalue weighted by Gasteiger charge is -2.19. The number of anilines is 1. The molecule has 0 spiro atoms. The number of pyridine rings is 1. The van der Waals surface area contributed by atoms with Crippen LogP contribution >= 0.6 is 0 Å². The van der Waals surface area contributed by atoms with Crippen molar-refractivity contribution in [2.75, 3.05) is 5.43 Å². The Morgan fingerprint density at radius 2 is 1.84 bits per heavy atom. The van der Waals surface area contributed by atoms with Gasteiger partial charge >= 0.3 is 0 Å². The fraction of sp³-hybridized carbons (Fsp3) is 0.357. The van der Waals surface area contributed by atoms with E-state index in [0.29, 0.717) is 11.6 Å². The van der Waals surface area contributed by atoms with Crippen molar-refractivity contribution in [2.24, 2.45) is 5.84 Å². The Labute approximate surface area is 113 Å². The monoisotopic (exact) mass is 257 g/mol. The normalized spacial score (nSPS) is 11.4. The van der Waals surface area contributed by atoms with E-state index in [0.717, 1.165) is 17.1 Å². The standard InChI is InChI=1S/C14H19N5/c1-9-6-5-7-10(16-9)13-17-11(14(2,3)4)8-12(18-13)19-15/h5-8H,15H2,1-4H3,(H,17,18,19). The van der Waals surface area contributed by atoms with Crippen molar-refractivity contribution in [2.45, 2.75) is 33.1 Å². The minimum absolute atomic E-state index is 0.0763. The first-order valence-corrected chi connectivity index (χ1v) is 6.20. The van der Waals surface area contributed by atoms with Gasteiger partial charge in [-0.1, -0.05) is 26.8 Å². The Morgan fingerprint density at radius 1 is 1.11 bits per heavy atom. The molecular formula is C14H19N5. The molecule has 0 aromatic carbocycles. The van der Waals surface area contributed by atoms with Gasteiger partial charge in [0.25, 0.3) is 0 Å². The van der Waals surface area contributed by atoms with Gasteiger partial charge < -0.3 is 5.43 Å². The molecule has 0 fully saturated rings. The quantitative estimate of drug-likeness (QED) is 0.638. The van der Waals surface area contributed by atoms with Gasteiger partial charge in [-0.2, -0.15) is 0 Å². The van der Waals surface area contributed by atoms with Crippen LogP contribution in [0.4, 0.5) is 5.82 Å². The first kappa shape index (κ1) is 13.4. The number of hydrogen-bond acceptors (Lipinski definition) is 5. The largest absolute Gasteiger partial charge is 0.308 e. The van der Waals surface area contributed by atoms with E-state index in [1.165, 1.54) is 0 Å². The Balaban J connectivity index is 2.57. The Hall–Kier alpha value is -2.01. The molecule has 5 heteroatoms. The number of nitrogens with zero attached hydrogens (tertiary/aromatic N) is 3. The lowest BCUT2D eigenvalue weighted by Crippen LogP contribution is -2.17. The number of hydrazine groups is 1. The summed E-state index contributed by atoms with van der Waals surface area (Å²) < 4.78 is 0. The number of nitrogens with one attached hydrogen (secondary N) is 1. The van der Waals surface area contributed by atoms with Gasteiger partial charge in [0.15, 0.2) is 5.82 Å². The number of hydrogen-bond donors (Lipinski definition) is 2. The third-order valence-corrected chi connectivity index (χ3v) is 2.76. The molecule has 2 aromatic heterocycles. The van der Waals surface area contributed by atoms with Crippen LogP contribution in [0.25, 0.3) is 11.5 Å². The molecule has 19 heavy (non-hydrogen) atoms. The molecule has 100 valence electrons. The summed E-state index contributed by atoms with van der Waals surface area (Å²) in [5.41, 5.74) is 5.12. The molecule has 0 radical (unpaired) electrons. The second-order valence-electron chi connectivity index (χ2n) is 5.52. The lowest BCUT2D eigenvalue weighted by atomic mass is 9.92. The Kier molecular flexibility index (Phi) is 3.48. The number of aryl methyl sites for hydroxylation is 1. The summed E-state index contributed by atoms with van der Waals surface area (Å²) in [5, 5.41) is 0. The van der Waals surface area contributed by atoms with E-state index < -0.39 is 0 Å². The SMILES string of the molecule is Cc1cccc(-c2nc(NN)cc(C(C)(C)C)n2)n1. The van der Waals surface area contributed by atoms with Crippen LogP contribution in [0.15, 0.2) is 24.3 Å². The van der Waals surface area contributed by atoms with Crippen LogP contribution in [0.5, 0.6) is 0 Å². The molecule has 0 saturated carbocycles. The van der Waals surface area contributed by atoms with Gasteiger partial charge in [0, 0.05) is 17.2 Å². The Bertz CT molecular complexity index is 587. The molecule has 2 heterocycles. The highest BCUT2D eigenvalue weighted by atomic mass is 15.3. The van der Waals surface area contributed by atoms with Gasteiger partial charge in [0.05, 0.1) is 5.69 Å². The zero-order valence-electron chi connectivity index (χ0n) is 11.7. The van der Waals surface area contributed by atoms with Crippen molar-refractivity contribution in [1.82, 2.24) is 15.0 Å². The highest BCUT2D eigenvalue weighted by Crippen LogP contribution is 2.24. The molecule has 0 unspecified atom stereocenters. The predicted octanol–water partition coefficient (Wildman–Crippen LogP) is 2.43. The van der Waals surface area contributed by atoms with Crippen molar-refractivity contribution in [3.8, 4) is 11.5 Å². The van der Waals surface area contributed by atoms with Crippen LogP contribution in [-0.2, 0) is 5.41 Å². The molecule has 0 aliphatic carbocycles. The van der Waals surface area contributed by atoms with Crippen molar-refractivity contribution in [3.63, 3.8) is 0 Å². The van der Waals surface area contributed by atoms with Gasteiger partial charge in [-0.05, 0) is 19.1 Å². The maximum atomic E-state index is 5.48. The summed E-state index contributed by atoms with van der Waals surface area (Å²) in [6.45, 7) is 8.24. The first-order valence-electron chi connectivity index (χ1n) is 6.20. The molecule has 3 N–H and O–H groups in total. The second kappa shape index (κ2) is 4.93. The zero-order chi connectivity index (χ0) is 14.0. The smallest absolute Gasteiger partial charge is 0.180 e. The molecule has 0 atom stereocenters. The van der Waals surface area contributed by atoms with Gasteiger partial charge in [0.2, 0.25) is 0 Å². The number of nitrogens with two attached hydrogens (primary N) is 1. The van der Waals surface area contributed by atoms with Gasteiger partial charge in [0.1, 0.15) is 11.5 Å². The molecule has 0 aliphatic heterocycles. The van der Waals surface area contributed by atoms with E-state index in [1.807, 2.05) is 31.2 Å². The van der Waals surface area contributed by atoms with Crippen molar-refractivity contribution in [3.05, 3.63) is 35.7 Å². The third-order valence-electron chi connectivity index (χ3n) is 2.76. The second-order valence-corrected chi connectivity index (χ2v) is 5.52. The predicted molar refractivity (Wildman–Crippen MR) is 76.5 cm³/mol. The van der Waals surface area contributed by atoms with Crippen molar-refractivity contribution < 1.29 is 0 Å². The zero-order valence-corrected chi connectivity index (χ0v) is 11.7. The minimum atomic E-state index is -0.0763. The first-order chi connectivity index (χ1) is 8.90. The fourth-order valence-electron chi connectivity index (χ4n) is 1.69. The molecule has 5 nitrogen and oxygen atoms in total. The van der Waals surface area contributed by atoms with Crippen LogP contribution in [0.1, 0.15) is 32.2 Å². The summed E-state index contributed by atoms with van der Waals surface area (Å²) >= 11 is 0. The highest BCUT2D eigenvalue weighted by Gasteiger charge is 2.18. The molecule has 0 bridgehead atoms. The molecule has 2 rings (SSSR count). The average molecular weight is 257 g/mol. The van der Waals surface area contributed by atoms with E-state index in [2.05, 4.69) is 41.1 Å². The maximum absolute atomic E-state index is 5.48. The fourth-order valence-corrected chi connectivity index (χ4v) is 1.69. The highest BCUT2D eigenvalue weighted by molar-refractivity contribution is 5.53. The molecule has 2 aromatic rings. The van der Waals surface area contributed by atoms with E-state index >= 15 is 0 Å². The van der Waals surface area contributed by atoms with Gasteiger partial charge in [-0.3, -0.25) is 0 Å². The van der Waals surface area contributed by atoms with E-state index in [4.69, 9.17) is 5.84 Å². The summed E-state index contributed by atoms with van der Waals surface area (Å²) in [7, 11) is 0. The lowest BCUT2D eigenvalue weighted by molar-refractivity contribution is 0.568. The maximum Gasteiger partial charge on any atom is 0.180 e. The summed E-state index contributed by atoms with van der Waals surface area (Å²) in [6.07, 6.45) is 0. The average Bonchev–Trinajstić information content (AvgIpc) is 2.37. The summed E-state index contributed by atoms with van der Waals surface area (Å²) in [6, 6.07) is 7.65. The molecule has 0 aliphatic rings.